The summed E-state index contributed by atoms with van der Waals surface area (Å²) in [5, 5.41) is 46.6. The molecule has 282 valence electrons. The number of phenols is 1. The van der Waals surface area contributed by atoms with E-state index in [1.807, 2.05) is 0 Å². The maximum atomic E-state index is 14.8. The van der Waals surface area contributed by atoms with Crippen LogP contribution in [-0.4, -0.2) is 126 Å². The van der Waals surface area contributed by atoms with Crippen molar-refractivity contribution in [3.63, 3.8) is 0 Å². The van der Waals surface area contributed by atoms with Crippen LogP contribution in [0.1, 0.15) is 88.7 Å². The van der Waals surface area contributed by atoms with Crippen molar-refractivity contribution < 1.29 is 72.9 Å². The first-order chi connectivity index (χ1) is 24.9. The number of aliphatic hydroxyl groups is 3. The smallest absolute Gasteiger partial charge is 0.341 e. The number of hydrogen-bond donors (Lipinski definition) is 5. The molecule has 17 heteroatoms. The van der Waals surface area contributed by atoms with Crippen molar-refractivity contribution in [1.82, 2.24) is 0 Å². The number of amides is 1. The van der Waals surface area contributed by atoms with Crippen LogP contribution in [0.3, 0.4) is 0 Å². The molecule has 1 saturated heterocycles. The van der Waals surface area contributed by atoms with E-state index in [1.54, 1.807) is 6.92 Å². The molecule has 8 unspecified atom stereocenters. The molecule has 0 saturated carbocycles. The molecule has 6 N–H and O–H groups in total. The molecule has 0 spiro atoms. The van der Waals surface area contributed by atoms with E-state index in [4.69, 9.17) is 29.4 Å². The fourth-order valence-corrected chi connectivity index (χ4v) is 8.06. The monoisotopic (exact) mass is 738 g/mol. The van der Waals surface area contributed by atoms with Crippen molar-refractivity contribution in [1.29, 1.82) is 0 Å². The number of carbonyl (C=O) groups is 6. The first kappa shape index (κ1) is 37.8. The van der Waals surface area contributed by atoms with Crippen molar-refractivity contribution in [2.75, 3.05) is 27.9 Å². The number of nitrogens with two attached hydrogens (primary N) is 1. The molecular formula is C36H38N2O15. The molecule has 3 aliphatic carbocycles. The van der Waals surface area contributed by atoms with Gasteiger partial charge in [0, 0.05) is 37.3 Å². The third kappa shape index (κ3) is 5.25. The van der Waals surface area contributed by atoms with Crippen LogP contribution in [0.15, 0.2) is 17.1 Å². The standard InChI is InChI=1S/C36H38N2O15/c1-12-7-14-8-19(40)35(3)32(46)23-16(31(45)36(35,48)24(14)29(52-11-20(37)41)21(12)34(47)51-6)9-15-22(26(23)43)18(39)10-17(25(15)42)38-33-30(50-5)27(44)28(49-4)13(2)53-33/h7,9,13,19,27-28,30,33,40,43-44,48H,8,10-11H2,1-6H3,(H2,37,41). The molecule has 2 aromatic rings. The predicted molar refractivity (Wildman–Crippen MR) is 178 cm³/mol. The molecule has 2 aromatic carbocycles. The summed E-state index contributed by atoms with van der Waals surface area (Å²) in [5.41, 5.74) is -3.58. The summed E-state index contributed by atoms with van der Waals surface area (Å²) in [7, 11) is 3.71. The lowest BCUT2D eigenvalue weighted by Gasteiger charge is -2.52. The lowest BCUT2D eigenvalue weighted by atomic mass is 9.51. The number of rotatable bonds is 7. The molecular weight excluding hydrogens is 700 g/mol. The van der Waals surface area contributed by atoms with Gasteiger partial charge in [-0.25, -0.2) is 4.79 Å². The van der Waals surface area contributed by atoms with Gasteiger partial charge in [0.25, 0.3) is 5.91 Å². The Bertz CT molecular complexity index is 2040. The van der Waals surface area contributed by atoms with Crippen LogP contribution in [0.5, 0.6) is 11.5 Å². The van der Waals surface area contributed by atoms with E-state index in [-0.39, 0.29) is 28.8 Å². The Kier molecular flexibility index (Phi) is 9.41. The number of fused-ring (bicyclic) bond motifs is 5. The van der Waals surface area contributed by atoms with Gasteiger partial charge >= 0.3 is 5.97 Å². The minimum absolute atomic E-state index is 0.0712. The van der Waals surface area contributed by atoms with E-state index < -0.39 is 135 Å². The normalized spacial score (nSPS) is 31.4. The van der Waals surface area contributed by atoms with Crippen LogP contribution in [0.25, 0.3) is 0 Å². The molecule has 6 rings (SSSR count). The number of nitrogens with zero attached hydrogens (tertiary/aromatic N) is 1. The summed E-state index contributed by atoms with van der Waals surface area (Å²) in [6, 6.07) is 2.26. The number of aromatic hydroxyl groups is 1. The van der Waals surface area contributed by atoms with Gasteiger partial charge in [-0.2, -0.15) is 0 Å². The topological polar surface area (TPSA) is 268 Å². The highest BCUT2D eigenvalue weighted by Crippen LogP contribution is 2.59. The maximum Gasteiger partial charge on any atom is 0.341 e. The molecule has 1 fully saturated rings. The molecule has 17 nitrogen and oxygen atoms in total. The van der Waals surface area contributed by atoms with Gasteiger partial charge in [0.15, 0.2) is 30.0 Å². The zero-order chi connectivity index (χ0) is 39.1. The zero-order valence-corrected chi connectivity index (χ0v) is 29.5. The van der Waals surface area contributed by atoms with Crippen LogP contribution in [0, 0.1) is 12.3 Å². The number of Topliss-reactive ketones (excluding diaryl/α,β-unsaturated/α-hetero) is 4. The van der Waals surface area contributed by atoms with Gasteiger partial charge in [-0.3, -0.25) is 29.0 Å². The number of primary amides is 1. The summed E-state index contributed by atoms with van der Waals surface area (Å²) in [6.07, 6.45) is -8.00. The molecule has 53 heavy (non-hydrogen) atoms. The van der Waals surface area contributed by atoms with Gasteiger partial charge in [-0.15, -0.1) is 0 Å². The summed E-state index contributed by atoms with van der Waals surface area (Å²) < 4.78 is 27.1. The number of ketones is 4. The number of aliphatic imine (C=N–C) groups is 1. The van der Waals surface area contributed by atoms with Gasteiger partial charge < -0.3 is 49.8 Å². The number of carbonyl (C=O) groups excluding carboxylic acids is 6. The highest BCUT2D eigenvalue weighted by molar-refractivity contribution is 6.53. The van der Waals surface area contributed by atoms with E-state index in [0.717, 1.165) is 20.1 Å². The number of esters is 1. The van der Waals surface area contributed by atoms with E-state index in [9.17, 15) is 49.2 Å². The molecule has 0 aromatic heterocycles. The average Bonchev–Trinajstić information content (AvgIpc) is 3.09. The minimum atomic E-state index is -3.06. The fourth-order valence-electron chi connectivity index (χ4n) is 8.06. The fraction of sp³-hybridized carbons (Fsp3) is 0.472. The predicted octanol–water partition coefficient (Wildman–Crippen LogP) is -0.113. The maximum absolute atomic E-state index is 14.8. The number of aryl methyl sites for hydroxylation is 1. The lowest BCUT2D eigenvalue weighted by Crippen LogP contribution is -2.65. The summed E-state index contributed by atoms with van der Waals surface area (Å²) in [6.45, 7) is 3.33. The van der Waals surface area contributed by atoms with Gasteiger partial charge in [-0.1, -0.05) is 6.07 Å². The Morgan fingerprint density at radius 2 is 1.68 bits per heavy atom. The third-order valence-electron chi connectivity index (χ3n) is 10.8. The van der Waals surface area contributed by atoms with Crippen molar-refractivity contribution >= 4 is 40.7 Å². The van der Waals surface area contributed by atoms with Crippen molar-refractivity contribution in [3.05, 3.63) is 56.6 Å². The molecule has 4 aliphatic rings. The second-order valence-electron chi connectivity index (χ2n) is 13.7. The SMILES string of the molecule is COC(=O)c1c(C)cc2c(c1OCC(N)=O)C1(O)C(=O)c3cc4c(c(O)c3C(=O)C1(C)C(O)C2)C(=O)CC(=NC1OC(C)C(OC)C(O)C1OC)C4=O. The van der Waals surface area contributed by atoms with Crippen LogP contribution in [-0.2, 0) is 35.8 Å². The molecule has 1 heterocycles. The van der Waals surface area contributed by atoms with Gasteiger partial charge in [-0.05, 0) is 38.0 Å². The first-order valence-electron chi connectivity index (χ1n) is 16.5. The Morgan fingerprint density at radius 1 is 1.02 bits per heavy atom. The summed E-state index contributed by atoms with van der Waals surface area (Å²) in [5.74, 6) is -7.77. The van der Waals surface area contributed by atoms with Gasteiger partial charge in [0.1, 0.15) is 35.4 Å². The Hall–Kier alpha value is -4.91. The largest absolute Gasteiger partial charge is 0.506 e. The highest BCUT2D eigenvalue weighted by Gasteiger charge is 2.69. The van der Waals surface area contributed by atoms with Crippen LogP contribution in [0.4, 0.5) is 0 Å². The van der Waals surface area contributed by atoms with E-state index in [1.165, 1.54) is 27.2 Å². The Morgan fingerprint density at radius 3 is 2.28 bits per heavy atom. The number of benzene rings is 2. The number of aliphatic hydroxyl groups excluding tert-OH is 2. The average molecular weight is 739 g/mol. The molecule has 1 aliphatic heterocycles. The molecule has 0 radical (unpaired) electrons. The quantitative estimate of drug-likeness (QED) is 0.232. The first-order valence-corrected chi connectivity index (χ1v) is 16.5. The summed E-state index contributed by atoms with van der Waals surface area (Å²) in [4.78, 5) is 86.2. The van der Waals surface area contributed by atoms with E-state index in [0.29, 0.717) is 0 Å². The third-order valence-corrected chi connectivity index (χ3v) is 10.8. The second-order valence-corrected chi connectivity index (χ2v) is 13.7. The molecule has 1 amide bonds. The zero-order valence-electron chi connectivity index (χ0n) is 29.5. The van der Waals surface area contributed by atoms with Gasteiger partial charge in [0.2, 0.25) is 11.6 Å². The Balaban J connectivity index is 1.56. The highest BCUT2D eigenvalue weighted by atomic mass is 16.6. The summed E-state index contributed by atoms with van der Waals surface area (Å²) >= 11 is 0. The van der Waals surface area contributed by atoms with Crippen LogP contribution < -0.4 is 10.5 Å². The number of ether oxygens (including phenoxy) is 5. The Labute approximate surface area is 301 Å². The van der Waals surface area contributed by atoms with E-state index in [2.05, 4.69) is 4.99 Å². The number of hydrogen-bond acceptors (Lipinski definition) is 16. The molecule has 8 atom stereocenters. The molecule has 0 bridgehead atoms. The van der Waals surface area contributed by atoms with Crippen LogP contribution >= 0.6 is 0 Å². The second kappa shape index (κ2) is 13.2. The van der Waals surface area contributed by atoms with E-state index >= 15 is 0 Å². The van der Waals surface area contributed by atoms with Crippen LogP contribution in [0.2, 0.25) is 0 Å². The number of phenolic OH excluding ortho intramolecular Hbond substituents is 1. The van der Waals surface area contributed by atoms with Crippen molar-refractivity contribution in [2.24, 2.45) is 16.1 Å². The van der Waals surface area contributed by atoms with Crippen molar-refractivity contribution in [2.45, 2.75) is 76.0 Å². The number of methoxy groups -OCH3 is 3. The van der Waals surface area contributed by atoms with Crippen molar-refractivity contribution in [3.8, 4) is 11.5 Å². The lowest BCUT2D eigenvalue weighted by molar-refractivity contribution is -0.228. The van der Waals surface area contributed by atoms with Gasteiger partial charge in [0.05, 0.1) is 48.0 Å². The minimum Gasteiger partial charge on any atom is -0.506 e.